The molecule has 0 bridgehead atoms. The summed E-state index contributed by atoms with van der Waals surface area (Å²) < 4.78 is 15.4. The molecule has 0 aliphatic carbocycles. The van der Waals surface area contributed by atoms with E-state index >= 15 is 0 Å². The first-order valence-corrected chi connectivity index (χ1v) is 6.31. The van der Waals surface area contributed by atoms with Gasteiger partial charge in [-0.25, -0.2) is 9.07 Å². The normalized spacial score (nSPS) is 11.8. The van der Waals surface area contributed by atoms with Crippen LogP contribution in [0.5, 0.6) is 0 Å². The van der Waals surface area contributed by atoms with Crippen molar-refractivity contribution >= 4 is 17.4 Å². The van der Waals surface area contributed by atoms with Crippen molar-refractivity contribution in [3.05, 3.63) is 40.3 Å². The third kappa shape index (κ3) is 2.71. The first kappa shape index (κ1) is 13.8. The van der Waals surface area contributed by atoms with Gasteiger partial charge >= 0.3 is 0 Å². The summed E-state index contributed by atoms with van der Waals surface area (Å²) in [4.78, 5) is 0. The van der Waals surface area contributed by atoms with Gasteiger partial charge in [0.15, 0.2) is 5.82 Å². The van der Waals surface area contributed by atoms with Gasteiger partial charge < -0.3 is 5.73 Å². The fourth-order valence-corrected chi connectivity index (χ4v) is 2.26. The molecule has 0 aliphatic heterocycles. The fraction of sp³-hybridized carbons (Fsp3) is 0.385. The number of nitrogen functional groups attached to an aromatic ring is 1. The van der Waals surface area contributed by atoms with E-state index in [2.05, 4.69) is 10.3 Å². The van der Waals surface area contributed by atoms with Crippen LogP contribution in [0.2, 0.25) is 5.02 Å². The summed E-state index contributed by atoms with van der Waals surface area (Å²) in [5.41, 5.74) is 6.76. The summed E-state index contributed by atoms with van der Waals surface area (Å²) in [6.45, 7) is 6.22. The minimum atomic E-state index is -0.360. The van der Waals surface area contributed by atoms with Crippen LogP contribution in [0, 0.1) is 5.82 Å². The second-order valence-electron chi connectivity index (χ2n) is 5.43. The zero-order chi connectivity index (χ0) is 14.2. The van der Waals surface area contributed by atoms with Gasteiger partial charge in [0, 0.05) is 16.0 Å². The topological polar surface area (TPSA) is 56.7 Å². The number of aromatic nitrogens is 3. The van der Waals surface area contributed by atoms with E-state index in [1.54, 1.807) is 16.8 Å². The maximum Gasteiger partial charge on any atom is 0.169 e. The van der Waals surface area contributed by atoms with Crippen LogP contribution in [0.25, 0.3) is 0 Å². The average Bonchev–Trinajstić information content (AvgIpc) is 2.65. The fourth-order valence-electron chi connectivity index (χ4n) is 2.04. The van der Waals surface area contributed by atoms with Crippen LogP contribution < -0.4 is 5.73 Å². The van der Waals surface area contributed by atoms with Gasteiger partial charge in [0.1, 0.15) is 5.82 Å². The second-order valence-corrected chi connectivity index (χ2v) is 5.84. The molecule has 0 saturated carbocycles. The van der Waals surface area contributed by atoms with Gasteiger partial charge in [-0.1, -0.05) is 43.7 Å². The number of hydrogen-bond acceptors (Lipinski definition) is 3. The Balaban J connectivity index is 2.46. The van der Waals surface area contributed by atoms with Gasteiger partial charge in [0.2, 0.25) is 0 Å². The predicted molar refractivity (Wildman–Crippen MR) is 73.6 cm³/mol. The number of nitrogens with two attached hydrogens (primary N) is 1. The summed E-state index contributed by atoms with van der Waals surface area (Å²) in [5, 5.41) is 8.21. The van der Waals surface area contributed by atoms with E-state index in [0.29, 0.717) is 16.4 Å². The van der Waals surface area contributed by atoms with Crippen molar-refractivity contribution in [2.24, 2.45) is 0 Å². The summed E-state index contributed by atoms with van der Waals surface area (Å²) >= 11 is 6.02. The van der Waals surface area contributed by atoms with Gasteiger partial charge in [-0.15, -0.1) is 5.10 Å². The van der Waals surface area contributed by atoms with Crippen molar-refractivity contribution in [1.82, 2.24) is 15.0 Å². The number of nitrogens with zero attached hydrogens (tertiary/aromatic N) is 3. The van der Waals surface area contributed by atoms with Crippen molar-refractivity contribution in [2.75, 3.05) is 5.73 Å². The van der Waals surface area contributed by atoms with Crippen LogP contribution in [0.3, 0.4) is 0 Å². The summed E-state index contributed by atoms with van der Waals surface area (Å²) in [6.07, 6.45) is 0. The molecule has 0 saturated heterocycles. The molecule has 102 valence electrons. The molecule has 0 radical (unpaired) electrons. The molecule has 1 aromatic heterocycles. The summed E-state index contributed by atoms with van der Waals surface area (Å²) in [5.74, 6) is 0.00129. The molecule has 0 amide bonds. The van der Waals surface area contributed by atoms with Crippen molar-refractivity contribution in [2.45, 2.75) is 32.7 Å². The van der Waals surface area contributed by atoms with Gasteiger partial charge in [-0.05, 0) is 12.1 Å². The molecule has 1 aromatic carbocycles. The molecule has 2 rings (SSSR count). The molecule has 0 spiro atoms. The first-order chi connectivity index (χ1) is 8.80. The lowest BCUT2D eigenvalue weighted by Gasteiger charge is -2.20. The maximum absolute atomic E-state index is 13.8. The second kappa shape index (κ2) is 4.81. The van der Waals surface area contributed by atoms with Crippen molar-refractivity contribution in [3.8, 4) is 0 Å². The van der Waals surface area contributed by atoms with E-state index in [1.807, 2.05) is 20.8 Å². The Morgan fingerprint density at radius 3 is 2.63 bits per heavy atom. The standard InChI is InChI=1S/C13H16ClFN4/c1-13(2,3)11-12(16)17-18-19(11)7-8-9(14)5-4-6-10(8)15/h4-6H,7,16H2,1-3H3. The van der Waals surface area contributed by atoms with E-state index in [4.69, 9.17) is 17.3 Å². The van der Waals surface area contributed by atoms with E-state index < -0.39 is 0 Å². The third-order valence-corrected chi connectivity index (χ3v) is 3.20. The molecular weight excluding hydrogens is 267 g/mol. The Hall–Kier alpha value is -1.62. The van der Waals surface area contributed by atoms with Gasteiger partial charge in [0.25, 0.3) is 0 Å². The lowest BCUT2D eigenvalue weighted by molar-refractivity contribution is 0.494. The monoisotopic (exact) mass is 282 g/mol. The molecule has 0 aliphatic rings. The highest BCUT2D eigenvalue weighted by molar-refractivity contribution is 6.31. The highest BCUT2D eigenvalue weighted by Gasteiger charge is 2.24. The lowest BCUT2D eigenvalue weighted by Crippen LogP contribution is -2.21. The number of halogens is 2. The number of anilines is 1. The van der Waals surface area contributed by atoms with Gasteiger partial charge in [-0.3, -0.25) is 0 Å². The van der Waals surface area contributed by atoms with Crippen LogP contribution in [-0.4, -0.2) is 15.0 Å². The van der Waals surface area contributed by atoms with Gasteiger partial charge in [-0.2, -0.15) is 0 Å². The van der Waals surface area contributed by atoms with Crippen LogP contribution in [0.4, 0.5) is 10.2 Å². The third-order valence-electron chi connectivity index (χ3n) is 2.84. The van der Waals surface area contributed by atoms with Crippen molar-refractivity contribution in [1.29, 1.82) is 0 Å². The highest BCUT2D eigenvalue weighted by Crippen LogP contribution is 2.28. The zero-order valence-electron chi connectivity index (χ0n) is 11.1. The zero-order valence-corrected chi connectivity index (χ0v) is 11.9. The van der Waals surface area contributed by atoms with Crippen LogP contribution in [0.15, 0.2) is 18.2 Å². The molecule has 1 heterocycles. The molecule has 2 aromatic rings. The predicted octanol–water partition coefficient (Wildman–Crippen LogP) is 3.00. The molecule has 2 N–H and O–H groups in total. The average molecular weight is 283 g/mol. The van der Waals surface area contributed by atoms with E-state index in [1.165, 1.54) is 6.07 Å². The quantitative estimate of drug-likeness (QED) is 0.921. The summed E-state index contributed by atoms with van der Waals surface area (Å²) in [7, 11) is 0. The smallest absolute Gasteiger partial charge is 0.169 e. The SMILES string of the molecule is CC(C)(C)c1c(N)nnn1Cc1c(F)cccc1Cl. The Morgan fingerprint density at radius 2 is 2.05 bits per heavy atom. The van der Waals surface area contributed by atoms with Crippen LogP contribution >= 0.6 is 11.6 Å². The molecule has 0 unspecified atom stereocenters. The van der Waals surface area contributed by atoms with Crippen molar-refractivity contribution < 1.29 is 4.39 Å². The number of hydrogen-bond donors (Lipinski definition) is 1. The van der Waals surface area contributed by atoms with Crippen LogP contribution in [-0.2, 0) is 12.0 Å². The van der Waals surface area contributed by atoms with Crippen LogP contribution in [0.1, 0.15) is 32.0 Å². The van der Waals surface area contributed by atoms with Gasteiger partial charge in [0.05, 0.1) is 12.2 Å². The summed E-state index contributed by atoms with van der Waals surface area (Å²) in [6, 6.07) is 4.59. The maximum atomic E-state index is 13.8. The number of benzene rings is 1. The van der Waals surface area contributed by atoms with E-state index in [-0.39, 0.29) is 17.8 Å². The molecular formula is C13H16ClFN4. The highest BCUT2D eigenvalue weighted by atomic mass is 35.5. The lowest BCUT2D eigenvalue weighted by atomic mass is 9.91. The largest absolute Gasteiger partial charge is 0.381 e. The Labute approximate surface area is 116 Å². The Bertz CT molecular complexity index is 581. The Kier molecular flexibility index (Phi) is 3.49. The minimum absolute atomic E-state index is 0.211. The molecule has 0 fully saturated rings. The molecule has 0 atom stereocenters. The molecule has 19 heavy (non-hydrogen) atoms. The molecule has 4 nitrogen and oxygen atoms in total. The van der Waals surface area contributed by atoms with Crippen molar-refractivity contribution in [3.63, 3.8) is 0 Å². The Morgan fingerprint density at radius 1 is 1.37 bits per heavy atom. The minimum Gasteiger partial charge on any atom is -0.381 e. The van der Waals surface area contributed by atoms with E-state index in [9.17, 15) is 4.39 Å². The first-order valence-electron chi connectivity index (χ1n) is 5.93. The molecule has 6 heteroatoms. The van der Waals surface area contributed by atoms with E-state index in [0.717, 1.165) is 5.69 Å². The number of rotatable bonds is 2.